The summed E-state index contributed by atoms with van der Waals surface area (Å²) < 4.78 is 23.3. The quantitative estimate of drug-likeness (QED) is 0.119. The number of oxime groups is 1. The summed E-state index contributed by atoms with van der Waals surface area (Å²) in [7, 11) is 1.52. The summed E-state index contributed by atoms with van der Waals surface area (Å²) in [6.45, 7) is 10.4. The topological polar surface area (TPSA) is 58.5 Å². The van der Waals surface area contributed by atoms with Gasteiger partial charge in [-0.05, 0) is 101 Å². The lowest BCUT2D eigenvalue weighted by molar-refractivity contribution is 0.209. The first-order valence-corrected chi connectivity index (χ1v) is 11.9. The molecule has 0 aliphatic rings. The first-order chi connectivity index (χ1) is 16.5. The lowest BCUT2D eigenvalue weighted by Gasteiger charge is -2.14. The standard InChI is InChI=1S/C28H39NO5/c1-6-7-16-32-27-19-22(2)28(23(3)20-27)33-18-11-9-8-10-17-31-25-12-14-26(15-13-25)34-21-24(4)29-30-5/h6-7,12-15,19-20H,8-11,16-18,21H2,1-5H3/b7-6+,29-24?. The molecule has 2 aromatic carbocycles. The second-order valence-corrected chi connectivity index (χ2v) is 8.15. The summed E-state index contributed by atoms with van der Waals surface area (Å²) in [6, 6.07) is 11.7. The number of allylic oxidation sites excluding steroid dienone is 1. The number of aryl methyl sites for hydroxylation is 2. The Morgan fingerprint density at radius 2 is 1.38 bits per heavy atom. The Morgan fingerprint density at radius 3 is 1.97 bits per heavy atom. The van der Waals surface area contributed by atoms with Crippen LogP contribution in [0.2, 0.25) is 0 Å². The lowest BCUT2D eigenvalue weighted by Crippen LogP contribution is -2.07. The minimum Gasteiger partial charge on any atom is -0.494 e. The summed E-state index contributed by atoms with van der Waals surface area (Å²) >= 11 is 0. The van der Waals surface area contributed by atoms with Crippen molar-refractivity contribution in [1.29, 1.82) is 0 Å². The SMILES string of the molecule is C/C=C/COc1cc(C)c(OCCCCCCOc2ccc(OCC(C)=NOC)cc2)c(C)c1. The summed E-state index contributed by atoms with van der Waals surface area (Å²) in [5.41, 5.74) is 3.00. The molecule has 0 unspecified atom stereocenters. The van der Waals surface area contributed by atoms with Gasteiger partial charge in [0.05, 0.1) is 18.9 Å². The van der Waals surface area contributed by atoms with Crippen molar-refractivity contribution in [1.82, 2.24) is 0 Å². The van der Waals surface area contributed by atoms with Crippen LogP contribution < -0.4 is 18.9 Å². The number of nitrogens with zero attached hydrogens (tertiary/aromatic N) is 1. The number of unbranched alkanes of at least 4 members (excludes halogenated alkanes) is 3. The van der Waals surface area contributed by atoms with Gasteiger partial charge in [0.15, 0.2) is 0 Å². The highest BCUT2D eigenvalue weighted by Crippen LogP contribution is 2.28. The molecule has 0 atom stereocenters. The number of rotatable bonds is 16. The van der Waals surface area contributed by atoms with Gasteiger partial charge in [0.25, 0.3) is 0 Å². The van der Waals surface area contributed by atoms with Crippen LogP contribution in [0.1, 0.15) is 50.7 Å². The molecule has 0 aromatic heterocycles. The van der Waals surface area contributed by atoms with Crippen LogP contribution in [0.4, 0.5) is 0 Å². The van der Waals surface area contributed by atoms with Gasteiger partial charge in [-0.15, -0.1) is 0 Å². The maximum atomic E-state index is 6.06. The Hall–Kier alpha value is -3.15. The molecule has 0 spiro atoms. The third-order valence-corrected chi connectivity index (χ3v) is 5.09. The van der Waals surface area contributed by atoms with E-state index in [0.29, 0.717) is 19.8 Å². The van der Waals surface area contributed by atoms with E-state index in [9.17, 15) is 0 Å². The van der Waals surface area contributed by atoms with E-state index < -0.39 is 0 Å². The molecule has 0 saturated carbocycles. The Balaban J connectivity index is 1.58. The van der Waals surface area contributed by atoms with Gasteiger partial charge in [0, 0.05) is 0 Å². The largest absolute Gasteiger partial charge is 0.494 e. The second-order valence-electron chi connectivity index (χ2n) is 8.15. The van der Waals surface area contributed by atoms with E-state index in [-0.39, 0.29) is 0 Å². The first kappa shape index (κ1) is 27.1. The zero-order valence-corrected chi connectivity index (χ0v) is 21.3. The molecule has 34 heavy (non-hydrogen) atoms. The third kappa shape index (κ3) is 10.2. The van der Waals surface area contributed by atoms with Gasteiger partial charge in [-0.1, -0.05) is 17.3 Å². The summed E-state index contributed by atoms with van der Waals surface area (Å²) in [5, 5.41) is 3.82. The van der Waals surface area contributed by atoms with Crippen molar-refractivity contribution >= 4 is 5.71 Å². The fourth-order valence-corrected chi connectivity index (χ4v) is 3.39. The molecule has 0 bridgehead atoms. The monoisotopic (exact) mass is 469 g/mol. The van der Waals surface area contributed by atoms with Gasteiger partial charge in [0.1, 0.15) is 43.3 Å². The first-order valence-electron chi connectivity index (χ1n) is 11.9. The minimum absolute atomic E-state index is 0.396. The van der Waals surface area contributed by atoms with Crippen molar-refractivity contribution in [2.24, 2.45) is 5.16 Å². The number of ether oxygens (including phenoxy) is 4. The van der Waals surface area contributed by atoms with Crippen LogP contribution in [0.25, 0.3) is 0 Å². The van der Waals surface area contributed by atoms with E-state index in [1.807, 2.05) is 62.4 Å². The highest BCUT2D eigenvalue weighted by molar-refractivity contribution is 5.82. The number of hydrogen-bond donors (Lipinski definition) is 0. The molecule has 0 aliphatic heterocycles. The van der Waals surface area contributed by atoms with Gasteiger partial charge >= 0.3 is 0 Å². The molecular formula is C28H39NO5. The molecule has 0 fully saturated rings. The van der Waals surface area contributed by atoms with Crippen molar-refractivity contribution in [3.05, 3.63) is 59.7 Å². The molecule has 2 aromatic rings. The van der Waals surface area contributed by atoms with Gasteiger partial charge in [-0.2, -0.15) is 0 Å². The van der Waals surface area contributed by atoms with Crippen LogP contribution >= 0.6 is 0 Å². The molecular weight excluding hydrogens is 430 g/mol. The highest BCUT2D eigenvalue weighted by atomic mass is 16.6. The molecule has 6 heteroatoms. The lowest BCUT2D eigenvalue weighted by atomic mass is 10.1. The fourth-order valence-electron chi connectivity index (χ4n) is 3.39. The number of hydrogen-bond acceptors (Lipinski definition) is 6. The molecule has 0 radical (unpaired) electrons. The molecule has 186 valence electrons. The maximum absolute atomic E-state index is 6.06. The van der Waals surface area contributed by atoms with Crippen molar-refractivity contribution in [2.45, 2.75) is 53.4 Å². The van der Waals surface area contributed by atoms with Gasteiger partial charge in [0.2, 0.25) is 0 Å². The Kier molecular flexibility index (Phi) is 12.5. The third-order valence-electron chi connectivity index (χ3n) is 5.09. The van der Waals surface area contributed by atoms with Crippen LogP contribution in [-0.4, -0.2) is 39.2 Å². The summed E-state index contributed by atoms with van der Waals surface area (Å²) in [6.07, 6.45) is 8.24. The molecule has 0 heterocycles. The van der Waals surface area contributed by atoms with Crippen LogP contribution in [0.15, 0.2) is 53.7 Å². The van der Waals surface area contributed by atoms with E-state index in [4.69, 9.17) is 23.8 Å². The summed E-state index contributed by atoms with van der Waals surface area (Å²) in [4.78, 5) is 4.72. The predicted octanol–water partition coefficient (Wildman–Crippen LogP) is 6.68. The average Bonchev–Trinajstić information content (AvgIpc) is 2.82. The summed E-state index contributed by atoms with van der Waals surface area (Å²) in [5.74, 6) is 3.48. The molecule has 2 rings (SSSR count). The smallest absolute Gasteiger partial charge is 0.129 e. The van der Waals surface area contributed by atoms with Crippen LogP contribution in [0, 0.1) is 13.8 Å². The average molecular weight is 470 g/mol. The van der Waals surface area contributed by atoms with Crippen molar-refractivity contribution in [2.75, 3.05) is 33.5 Å². The van der Waals surface area contributed by atoms with Crippen LogP contribution in [0.3, 0.4) is 0 Å². The Morgan fingerprint density at radius 1 is 0.794 bits per heavy atom. The van der Waals surface area contributed by atoms with Crippen LogP contribution in [0.5, 0.6) is 23.0 Å². The van der Waals surface area contributed by atoms with E-state index >= 15 is 0 Å². The van der Waals surface area contributed by atoms with Gasteiger partial charge in [-0.25, -0.2) is 0 Å². The van der Waals surface area contributed by atoms with Crippen molar-refractivity contribution in [3.8, 4) is 23.0 Å². The Labute approximate surface area is 204 Å². The molecule has 0 N–H and O–H groups in total. The maximum Gasteiger partial charge on any atom is 0.129 e. The normalized spacial score (nSPS) is 11.5. The molecule has 0 amide bonds. The van der Waals surface area contributed by atoms with Gasteiger partial charge in [-0.3, -0.25) is 0 Å². The zero-order valence-electron chi connectivity index (χ0n) is 21.3. The molecule has 0 saturated heterocycles. The van der Waals surface area contributed by atoms with E-state index in [1.54, 1.807) is 0 Å². The van der Waals surface area contributed by atoms with E-state index in [1.165, 1.54) is 7.11 Å². The molecule has 0 aliphatic carbocycles. The van der Waals surface area contributed by atoms with Gasteiger partial charge < -0.3 is 23.8 Å². The minimum atomic E-state index is 0.396. The van der Waals surface area contributed by atoms with Crippen molar-refractivity contribution < 1.29 is 23.8 Å². The van der Waals surface area contributed by atoms with E-state index in [2.05, 4.69) is 19.0 Å². The molecule has 6 nitrogen and oxygen atoms in total. The predicted molar refractivity (Wildman–Crippen MR) is 138 cm³/mol. The Bertz CT molecular complexity index is 883. The highest BCUT2D eigenvalue weighted by Gasteiger charge is 2.07. The van der Waals surface area contributed by atoms with Crippen LogP contribution in [-0.2, 0) is 4.84 Å². The van der Waals surface area contributed by atoms with E-state index in [0.717, 1.165) is 72.1 Å². The zero-order chi connectivity index (χ0) is 24.6. The number of benzene rings is 2. The second kappa shape index (κ2) is 15.6. The van der Waals surface area contributed by atoms with Crippen molar-refractivity contribution in [3.63, 3.8) is 0 Å². The fraction of sp³-hybridized carbons (Fsp3) is 0.464.